The van der Waals surface area contributed by atoms with Crippen molar-refractivity contribution in [2.45, 2.75) is 51.6 Å². The number of hydrogen-bond donors (Lipinski definition) is 1. The average Bonchev–Trinajstić information content (AvgIpc) is 3.14. The number of nitrogens with zero attached hydrogens (tertiary/aromatic N) is 1. The van der Waals surface area contributed by atoms with Gasteiger partial charge in [-0.3, -0.25) is 14.6 Å². The van der Waals surface area contributed by atoms with E-state index >= 15 is 0 Å². The van der Waals surface area contributed by atoms with Gasteiger partial charge in [-0.1, -0.05) is 12.1 Å². The topological polar surface area (TPSA) is 103 Å². The molecule has 0 bridgehead atoms. The van der Waals surface area contributed by atoms with E-state index in [1.807, 2.05) is 31.2 Å². The van der Waals surface area contributed by atoms with Crippen LogP contribution in [0.5, 0.6) is 5.75 Å². The van der Waals surface area contributed by atoms with Gasteiger partial charge in [-0.25, -0.2) is 4.79 Å². The number of amides is 1. The zero-order chi connectivity index (χ0) is 22.3. The molecule has 0 aliphatic heterocycles. The third-order valence-corrected chi connectivity index (χ3v) is 5.51. The molecule has 1 aliphatic rings. The molecule has 164 valence electrons. The first-order valence-electron chi connectivity index (χ1n) is 9.91. The Balaban J connectivity index is 2.40. The van der Waals surface area contributed by atoms with E-state index in [4.69, 9.17) is 19.2 Å². The van der Waals surface area contributed by atoms with Crippen LogP contribution in [0.25, 0.3) is 0 Å². The molecule has 2 rings (SSSR count). The molecule has 1 fully saturated rings. The van der Waals surface area contributed by atoms with Crippen LogP contribution in [0.3, 0.4) is 0 Å². The van der Waals surface area contributed by atoms with E-state index in [9.17, 15) is 14.4 Å². The van der Waals surface area contributed by atoms with Gasteiger partial charge in [0.1, 0.15) is 17.2 Å². The summed E-state index contributed by atoms with van der Waals surface area (Å²) in [6.45, 7) is 3.26. The molecule has 3 atom stereocenters. The van der Waals surface area contributed by atoms with Crippen LogP contribution < -0.4 is 10.1 Å². The molecular weight excluding hydrogens is 388 g/mol. The highest BCUT2D eigenvalue weighted by atomic mass is 16.5. The van der Waals surface area contributed by atoms with Crippen molar-refractivity contribution in [2.75, 3.05) is 21.3 Å². The Bertz CT molecular complexity index is 804. The van der Waals surface area contributed by atoms with Crippen LogP contribution in [0.1, 0.15) is 51.1 Å². The number of rotatable bonds is 8. The van der Waals surface area contributed by atoms with Crippen LogP contribution in [0.15, 0.2) is 29.3 Å². The highest BCUT2D eigenvalue weighted by Crippen LogP contribution is 2.42. The van der Waals surface area contributed by atoms with E-state index in [0.717, 1.165) is 17.7 Å². The summed E-state index contributed by atoms with van der Waals surface area (Å²) in [5.41, 5.74) is 0.564. The molecule has 0 heterocycles. The Morgan fingerprint density at radius 3 is 2.33 bits per heavy atom. The lowest BCUT2D eigenvalue weighted by atomic mass is 9.78. The lowest BCUT2D eigenvalue weighted by Crippen LogP contribution is -2.48. The number of carbonyl (C=O) groups excluding carboxylic acids is 3. The molecule has 1 aliphatic carbocycles. The van der Waals surface area contributed by atoms with E-state index in [2.05, 4.69) is 5.32 Å². The van der Waals surface area contributed by atoms with Gasteiger partial charge in [0.25, 0.3) is 0 Å². The van der Waals surface area contributed by atoms with Gasteiger partial charge in [0.2, 0.25) is 5.91 Å². The number of methoxy groups -OCH3 is 3. The van der Waals surface area contributed by atoms with Gasteiger partial charge in [0.05, 0.1) is 27.4 Å². The van der Waals surface area contributed by atoms with Crippen LogP contribution >= 0.6 is 0 Å². The van der Waals surface area contributed by atoms with Crippen LogP contribution in [-0.2, 0) is 23.9 Å². The van der Waals surface area contributed by atoms with Crippen molar-refractivity contribution in [2.24, 2.45) is 10.4 Å². The Labute approximate surface area is 177 Å². The van der Waals surface area contributed by atoms with Gasteiger partial charge in [-0.05, 0) is 50.3 Å². The molecule has 1 amide bonds. The largest absolute Gasteiger partial charge is 0.497 e. The number of benzene rings is 1. The molecule has 8 heteroatoms. The predicted octanol–water partition coefficient (Wildman–Crippen LogP) is 2.61. The summed E-state index contributed by atoms with van der Waals surface area (Å²) in [6.07, 6.45) is 1.88. The second-order valence-corrected chi connectivity index (χ2v) is 7.43. The fourth-order valence-corrected chi connectivity index (χ4v) is 3.97. The number of nitrogens with one attached hydrogen (secondary N) is 1. The summed E-state index contributed by atoms with van der Waals surface area (Å²) in [5.74, 6) is -0.698. The first kappa shape index (κ1) is 23.4. The molecule has 30 heavy (non-hydrogen) atoms. The minimum Gasteiger partial charge on any atom is -0.497 e. The summed E-state index contributed by atoms with van der Waals surface area (Å²) in [5, 5.41) is 2.59. The second-order valence-electron chi connectivity index (χ2n) is 7.43. The molecule has 0 unspecified atom stereocenters. The molecule has 1 saturated carbocycles. The normalized spacial score (nSPS) is 21.6. The summed E-state index contributed by atoms with van der Waals surface area (Å²) >= 11 is 0. The van der Waals surface area contributed by atoms with Gasteiger partial charge >= 0.3 is 11.9 Å². The minimum atomic E-state index is -1.09. The van der Waals surface area contributed by atoms with E-state index in [0.29, 0.717) is 18.6 Å². The van der Waals surface area contributed by atoms with Crippen molar-refractivity contribution in [3.63, 3.8) is 0 Å². The molecule has 8 nitrogen and oxygen atoms in total. The van der Waals surface area contributed by atoms with Gasteiger partial charge < -0.3 is 19.5 Å². The van der Waals surface area contributed by atoms with Crippen molar-refractivity contribution in [1.82, 2.24) is 5.32 Å². The van der Waals surface area contributed by atoms with Crippen LogP contribution in [0, 0.1) is 5.41 Å². The molecule has 0 aromatic heterocycles. The van der Waals surface area contributed by atoms with Crippen LogP contribution in [0.2, 0.25) is 0 Å². The Morgan fingerprint density at radius 1 is 1.13 bits per heavy atom. The number of ether oxygens (including phenoxy) is 3. The number of esters is 2. The van der Waals surface area contributed by atoms with Crippen molar-refractivity contribution >= 4 is 23.6 Å². The van der Waals surface area contributed by atoms with Crippen LogP contribution in [-0.4, -0.2) is 50.9 Å². The van der Waals surface area contributed by atoms with Gasteiger partial charge in [-0.15, -0.1) is 0 Å². The summed E-state index contributed by atoms with van der Waals surface area (Å²) in [7, 11) is 4.17. The average molecular weight is 418 g/mol. The van der Waals surface area contributed by atoms with E-state index in [1.54, 1.807) is 7.11 Å². The van der Waals surface area contributed by atoms with Gasteiger partial charge in [-0.2, -0.15) is 0 Å². The Kier molecular flexibility index (Phi) is 7.97. The fourth-order valence-electron chi connectivity index (χ4n) is 3.97. The highest BCUT2D eigenvalue weighted by molar-refractivity contribution is 6.08. The molecule has 1 N–H and O–H groups in total. The van der Waals surface area contributed by atoms with Crippen molar-refractivity contribution in [1.29, 1.82) is 0 Å². The lowest BCUT2D eigenvalue weighted by Gasteiger charge is -2.31. The Morgan fingerprint density at radius 2 is 1.80 bits per heavy atom. The molecule has 0 spiro atoms. The summed E-state index contributed by atoms with van der Waals surface area (Å²) in [4.78, 5) is 41.6. The maximum Gasteiger partial charge on any atom is 0.328 e. The third kappa shape index (κ3) is 5.17. The Hall–Kier alpha value is -2.90. The molecule has 0 saturated heterocycles. The second kappa shape index (κ2) is 10.2. The number of aliphatic imine (C=N–C) groups is 1. The van der Waals surface area contributed by atoms with E-state index in [1.165, 1.54) is 21.1 Å². The minimum absolute atomic E-state index is 0.0418. The first-order chi connectivity index (χ1) is 14.3. The first-order valence-corrected chi connectivity index (χ1v) is 9.91. The van der Waals surface area contributed by atoms with E-state index in [-0.39, 0.29) is 18.4 Å². The SMILES string of the molecule is COC(=O)[C@H](C[C@@]1(C(=O)OC)CCCC1=N[C@H](C)c1ccc(OC)cc1)NC(C)=O. The summed E-state index contributed by atoms with van der Waals surface area (Å²) < 4.78 is 15.1. The monoisotopic (exact) mass is 418 g/mol. The van der Waals surface area contributed by atoms with Gasteiger partial charge in [0, 0.05) is 12.6 Å². The third-order valence-electron chi connectivity index (χ3n) is 5.51. The van der Waals surface area contributed by atoms with Crippen LogP contribution in [0.4, 0.5) is 0 Å². The zero-order valence-corrected chi connectivity index (χ0v) is 18.2. The molecular formula is C22H30N2O6. The van der Waals surface area contributed by atoms with Gasteiger partial charge in [0.15, 0.2) is 0 Å². The highest BCUT2D eigenvalue weighted by Gasteiger charge is 2.50. The summed E-state index contributed by atoms with van der Waals surface area (Å²) in [6, 6.07) is 6.40. The van der Waals surface area contributed by atoms with Crippen molar-refractivity contribution < 1.29 is 28.6 Å². The maximum absolute atomic E-state index is 12.9. The molecule has 0 radical (unpaired) electrons. The predicted molar refractivity (Wildman–Crippen MR) is 111 cm³/mol. The van der Waals surface area contributed by atoms with Crippen molar-refractivity contribution in [3.05, 3.63) is 29.8 Å². The zero-order valence-electron chi connectivity index (χ0n) is 18.2. The lowest BCUT2D eigenvalue weighted by molar-refractivity contribution is -0.152. The quantitative estimate of drug-likeness (QED) is 0.651. The fraction of sp³-hybridized carbons (Fsp3) is 0.545. The smallest absolute Gasteiger partial charge is 0.328 e. The molecule has 1 aromatic rings. The number of hydrogen-bond acceptors (Lipinski definition) is 7. The van der Waals surface area contributed by atoms with Crippen molar-refractivity contribution in [3.8, 4) is 5.75 Å². The molecule has 1 aromatic carbocycles. The number of carbonyl (C=O) groups is 3. The maximum atomic E-state index is 12.9. The standard InChI is InChI=1S/C22H30N2O6/c1-14(16-8-10-17(28-3)11-9-16)23-19-7-6-12-22(19,21(27)30-5)13-18(20(26)29-4)24-15(2)25/h8-11,14,18H,6-7,12-13H2,1-5H3,(H,24,25)/t14-,18+,22+/m1/s1. The van der Waals surface area contributed by atoms with E-state index < -0.39 is 23.4 Å².